The molecule has 1 aliphatic rings. The van der Waals surface area contributed by atoms with Gasteiger partial charge in [0.25, 0.3) is 0 Å². The van der Waals surface area contributed by atoms with Gasteiger partial charge in [0, 0.05) is 44.5 Å². The van der Waals surface area contributed by atoms with Gasteiger partial charge in [0.2, 0.25) is 0 Å². The fourth-order valence-corrected chi connectivity index (χ4v) is 2.42. The molecule has 0 bridgehead atoms. The van der Waals surface area contributed by atoms with Gasteiger partial charge in [-0.2, -0.15) is 0 Å². The molecule has 1 N–H and O–H groups in total. The Bertz CT molecular complexity index is 389. The van der Waals surface area contributed by atoms with Crippen LogP contribution in [-0.2, 0) is 0 Å². The van der Waals surface area contributed by atoms with Crippen molar-refractivity contribution < 1.29 is 9.84 Å². The van der Waals surface area contributed by atoms with Crippen molar-refractivity contribution in [2.24, 2.45) is 0 Å². The number of methoxy groups -OCH3 is 1. The molecule has 0 aromatic heterocycles. The summed E-state index contributed by atoms with van der Waals surface area (Å²) in [4.78, 5) is 4.71. The highest BCUT2D eigenvalue weighted by Crippen LogP contribution is 2.22. The normalized spacial score (nSPS) is 18.4. The van der Waals surface area contributed by atoms with E-state index in [9.17, 15) is 5.11 Å². The summed E-state index contributed by atoms with van der Waals surface area (Å²) in [6.45, 7) is 6.84. The third kappa shape index (κ3) is 3.85. The first-order valence-corrected chi connectivity index (χ1v) is 7.02. The lowest BCUT2D eigenvalue weighted by Crippen LogP contribution is -2.48. The molecular formula is C15H24N2O2. The number of aliphatic hydroxyl groups excluding tert-OH is 1. The van der Waals surface area contributed by atoms with Crippen molar-refractivity contribution in [2.75, 3.05) is 44.7 Å². The summed E-state index contributed by atoms with van der Waals surface area (Å²) in [6, 6.07) is 8.20. The standard InChI is InChI=1S/C15H24N2O2/c1-3-14(18)12-16-7-9-17(10-8-16)13-5-4-6-15(11-13)19-2/h4-6,11,14,18H,3,7-10,12H2,1-2H3/t14-/m1/s1. The van der Waals surface area contributed by atoms with Gasteiger partial charge in [-0.05, 0) is 18.6 Å². The SMILES string of the molecule is CC[C@@H](O)CN1CCN(c2cccc(OC)c2)CC1. The number of ether oxygens (including phenoxy) is 1. The van der Waals surface area contributed by atoms with Crippen molar-refractivity contribution in [1.29, 1.82) is 0 Å². The van der Waals surface area contributed by atoms with Gasteiger partial charge in [-0.25, -0.2) is 0 Å². The summed E-state index contributed by atoms with van der Waals surface area (Å²) in [5.74, 6) is 0.904. The fraction of sp³-hybridized carbons (Fsp3) is 0.600. The molecule has 1 saturated heterocycles. The number of hydrogen-bond acceptors (Lipinski definition) is 4. The quantitative estimate of drug-likeness (QED) is 0.876. The lowest BCUT2D eigenvalue weighted by Gasteiger charge is -2.36. The van der Waals surface area contributed by atoms with Crippen LogP contribution < -0.4 is 9.64 Å². The predicted octanol–water partition coefficient (Wildman–Crippen LogP) is 1.59. The maximum absolute atomic E-state index is 9.69. The Morgan fingerprint density at radius 3 is 2.63 bits per heavy atom. The summed E-state index contributed by atoms with van der Waals surface area (Å²) in [5.41, 5.74) is 1.22. The van der Waals surface area contributed by atoms with Crippen LogP contribution in [0.1, 0.15) is 13.3 Å². The van der Waals surface area contributed by atoms with Crippen LogP contribution in [0.25, 0.3) is 0 Å². The van der Waals surface area contributed by atoms with E-state index in [1.54, 1.807) is 7.11 Å². The largest absolute Gasteiger partial charge is 0.497 e. The molecule has 1 aliphatic heterocycles. The van der Waals surface area contributed by atoms with Gasteiger partial charge in [-0.3, -0.25) is 4.90 Å². The number of benzene rings is 1. The second-order valence-corrected chi connectivity index (χ2v) is 5.05. The van der Waals surface area contributed by atoms with Crippen molar-refractivity contribution in [3.05, 3.63) is 24.3 Å². The van der Waals surface area contributed by atoms with Crippen LogP contribution >= 0.6 is 0 Å². The molecule has 1 atom stereocenters. The van der Waals surface area contributed by atoms with Crippen molar-refractivity contribution in [3.63, 3.8) is 0 Å². The number of piperazine rings is 1. The zero-order valence-electron chi connectivity index (χ0n) is 11.9. The highest BCUT2D eigenvalue weighted by Gasteiger charge is 2.18. The highest BCUT2D eigenvalue weighted by molar-refractivity contribution is 5.51. The van der Waals surface area contributed by atoms with Crippen molar-refractivity contribution in [1.82, 2.24) is 4.90 Å². The Balaban J connectivity index is 1.88. The second kappa shape index (κ2) is 6.78. The second-order valence-electron chi connectivity index (χ2n) is 5.05. The molecule has 1 aromatic rings. The van der Waals surface area contributed by atoms with Gasteiger partial charge >= 0.3 is 0 Å². The van der Waals surface area contributed by atoms with E-state index in [2.05, 4.69) is 21.9 Å². The Kier molecular flexibility index (Phi) is 5.05. The third-order valence-corrected chi connectivity index (χ3v) is 3.73. The Morgan fingerprint density at radius 2 is 2.00 bits per heavy atom. The number of hydrogen-bond donors (Lipinski definition) is 1. The maximum atomic E-state index is 9.69. The molecule has 106 valence electrons. The monoisotopic (exact) mass is 264 g/mol. The minimum atomic E-state index is -0.191. The molecule has 0 aliphatic carbocycles. The van der Waals surface area contributed by atoms with Crippen molar-refractivity contribution >= 4 is 5.69 Å². The van der Waals surface area contributed by atoms with Crippen molar-refractivity contribution in [2.45, 2.75) is 19.4 Å². The van der Waals surface area contributed by atoms with E-state index < -0.39 is 0 Å². The molecule has 0 spiro atoms. The van der Waals surface area contributed by atoms with Gasteiger partial charge in [-0.1, -0.05) is 13.0 Å². The van der Waals surface area contributed by atoms with Gasteiger partial charge in [0.05, 0.1) is 13.2 Å². The van der Waals surface area contributed by atoms with E-state index in [4.69, 9.17) is 4.74 Å². The molecule has 1 heterocycles. The summed E-state index contributed by atoms with van der Waals surface area (Å²) >= 11 is 0. The minimum absolute atomic E-state index is 0.191. The summed E-state index contributed by atoms with van der Waals surface area (Å²) < 4.78 is 5.26. The smallest absolute Gasteiger partial charge is 0.120 e. The van der Waals surface area contributed by atoms with Crippen LogP contribution in [0.5, 0.6) is 5.75 Å². The predicted molar refractivity (Wildman–Crippen MR) is 77.9 cm³/mol. The summed E-state index contributed by atoms with van der Waals surface area (Å²) in [5, 5.41) is 9.69. The van der Waals surface area contributed by atoms with E-state index in [1.165, 1.54) is 5.69 Å². The Labute approximate surface area is 115 Å². The van der Waals surface area contributed by atoms with E-state index >= 15 is 0 Å². The zero-order chi connectivity index (χ0) is 13.7. The van der Waals surface area contributed by atoms with Gasteiger partial charge in [0.15, 0.2) is 0 Å². The van der Waals surface area contributed by atoms with Gasteiger partial charge < -0.3 is 14.7 Å². The Hall–Kier alpha value is -1.26. The molecule has 4 heteroatoms. The van der Waals surface area contributed by atoms with Crippen LogP contribution in [0, 0.1) is 0 Å². The highest BCUT2D eigenvalue weighted by atomic mass is 16.5. The average Bonchev–Trinajstić information content (AvgIpc) is 2.48. The van der Waals surface area contributed by atoms with E-state index in [-0.39, 0.29) is 6.10 Å². The first kappa shape index (κ1) is 14.2. The third-order valence-electron chi connectivity index (χ3n) is 3.73. The molecule has 0 radical (unpaired) electrons. The zero-order valence-corrected chi connectivity index (χ0v) is 11.9. The van der Waals surface area contributed by atoms with E-state index in [1.807, 2.05) is 19.1 Å². The van der Waals surface area contributed by atoms with Gasteiger partial charge in [-0.15, -0.1) is 0 Å². The lowest BCUT2D eigenvalue weighted by molar-refractivity contribution is 0.106. The van der Waals surface area contributed by atoms with Crippen LogP contribution in [0.15, 0.2) is 24.3 Å². The maximum Gasteiger partial charge on any atom is 0.120 e. The van der Waals surface area contributed by atoms with Crippen LogP contribution in [0.4, 0.5) is 5.69 Å². The van der Waals surface area contributed by atoms with Crippen LogP contribution in [0.2, 0.25) is 0 Å². The molecule has 0 amide bonds. The fourth-order valence-electron chi connectivity index (χ4n) is 2.42. The molecule has 1 fully saturated rings. The van der Waals surface area contributed by atoms with Crippen molar-refractivity contribution in [3.8, 4) is 5.75 Å². The number of aliphatic hydroxyl groups is 1. The molecule has 0 unspecified atom stereocenters. The number of nitrogens with zero attached hydrogens (tertiary/aromatic N) is 2. The molecule has 2 rings (SSSR count). The molecule has 0 saturated carbocycles. The first-order chi connectivity index (χ1) is 9.22. The number of rotatable bonds is 5. The average molecular weight is 264 g/mol. The molecule has 1 aromatic carbocycles. The topological polar surface area (TPSA) is 35.9 Å². The molecule has 19 heavy (non-hydrogen) atoms. The Morgan fingerprint density at radius 1 is 1.26 bits per heavy atom. The van der Waals surface area contributed by atoms with Crippen LogP contribution in [-0.4, -0.2) is 55.9 Å². The van der Waals surface area contributed by atoms with Crippen LogP contribution in [0.3, 0.4) is 0 Å². The first-order valence-electron chi connectivity index (χ1n) is 7.02. The summed E-state index contributed by atoms with van der Waals surface area (Å²) in [6.07, 6.45) is 0.638. The van der Waals surface area contributed by atoms with Gasteiger partial charge in [0.1, 0.15) is 5.75 Å². The van der Waals surface area contributed by atoms with E-state index in [0.717, 1.165) is 44.9 Å². The minimum Gasteiger partial charge on any atom is -0.497 e. The summed E-state index contributed by atoms with van der Waals surface area (Å²) in [7, 11) is 1.70. The number of anilines is 1. The lowest BCUT2D eigenvalue weighted by atomic mass is 10.2. The molecule has 4 nitrogen and oxygen atoms in total. The number of β-amino-alcohol motifs (C(OH)–C–C–N with tert-alkyl or cyclic N) is 1. The molecular weight excluding hydrogens is 240 g/mol. The van der Waals surface area contributed by atoms with E-state index in [0.29, 0.717) is 0 Å².